The van der Waals surface area contributed by atoms with Crippen LogP contribution in [0.3, 0.4) is 0 Å². The maximum atomic E-state index is 11.4. The van der Waals surface area contributed by atoms with Gasteiger partial charge in [-0.3, -0.25) is 9.64 Å². The number of hydroxylamine groups is 3. The monoisotopic (exact) mass is 135 g/mol. The molecule has 0 amide bonds. The highest BCUT2D eigenvalue weighted by Crippen LogP contribution is 2.16. The van der Waals surface area contributed by atoms with E-state index < -0.39 is 4.65 Å². The van der Waals surface area contributed by atoms with Crippen molar-refractivity contribution in [3.8, 4) is 0 Å². The first-order valence-corrected chi connectivity index (χ1v) is 2.88. The fraction of sp³-hybridized carbons (Fsp3) is 0. The Balaban J connectivity index is 2.51. The van der Waals surface area contributed by atoms with E-state index in [1.165, 1.54) is 31.0 Å². The summed E-state index contributed by atoms with van der Waals surface area (Å²) in [5, 5.41) is 11.4. The van der Waals surface area contributed by atoms with Crippen LogP contribution in [0.15, 0.2) is 34.8 Å². The quantitative estimate of drug-likeness (QED) is 0.357. The summed E-state index contributed by atoms with van der Waals surface area (Å²) in [5.74, 6) is 0.419. The molecule has 2 heterocycles. The topological polar surface area (TPSA) is 47.8 Å². The highest BCUT2D eigenvalue weighted by atomic mass is 16.5. The van der Waals surface area contributed by atoms with Gasteiger partial charge in [0, 0.05) is 0 Å². The standard InChI is InChI=1S/C6H5N3O/c10-9-3-1-7-5-6(9)8-2-4-9/h1-5H. The Labute approximate surface area is 57.7 Å². The number of hydrogen-bond donors (Lipinski definition) is 0. The van der Waals surface area contributed by atoms with Gasteiger partial charge in [-0.2, -0.15) is 4.99 Å². The minimum atomic E-state index is -0.594. The summed E-state index contributed by atoms with van der Waals surface area (Å²) in [6.07, 6.45) is 7.32. The first-order valence-electron chi connectivity index (χ1n) is 2.88. The average molecular weight is 135 g/mol. The number of nitrogens with zero attached hydrogens (tertiary/aromatic N) is 3. The smallest absolute Gasteiger partial charge is 0.255 e. The number of aliphatic imine (C=N–C) groups is 2. The molecule has 2 aliphatic rings. The molecule has 4 nitrogen and oxygen atoms in total. The van der Waals surface area contributed by atoms with Crippen molar-refractivity contribution in [2.45, 2.75) is 0 Å². The van der Waals surface area contributed by atoms with E-state index in [0.717, 1.165) is 0 Å². The third-order valence-corrected chi connectivity index (χ3v) is 1.42. The van der Waals surface area contributed by atoms with Gasteiger partial charge in [-0.05, 0) is 0 Å². The summed E-state index contributed by atoms with van der Waals surface area (Å²) >= 11 is 0. The zero-order valence-electron chi connectivity index (χ0n) is 5.14. The van der Waals surface area contributed by atoms with Crippen LogP contribution in [-0.2, 0) is 0 Å². The van der Waals surface area contributed by atoms with Crippen LogP contribution in [0.4, 0.5) is 0 Å². The van der Waals surface area contributed by atoms with Crippen molar-refractivity contribution in [1.29, 1.82) is 0 Å². The normalized spacial score (nSPS) is 34.3. The van der Waals surface area contributed by atoms with Crippen molar-refractivity contribution in [1.82, 2.24) is 0 Å². The third kappa shape index (κ3) is 0.570. The van der Waals surface area contributed by atoms with Gasteiger partial charge in [-0.15, -0.1) is 0 Å². The molecule has 0 aliphatic carbocycles. The SMILES string of the molecule is [O-][N+]12C=CN=CC1=NC=C2. The molecule has 0 aromatic carbocycles. The van der Waals surface area contributed by atoms with Crippen LogP contribution >= 0.6 is 0 Å². The number of fused-ring (bicyclic) bond motifs is 1. The van der Waals surface area contributed by atoms with Crippen LogP contribution in [-0.4, -0.2) is 16.7 Å². The van der Waals surface area contributed by atoms with E-state index in [-0.39, 0.29) is 0 Å². The van der Waals surface area contributed by atoms with E-state index >= 15 is 0 Å². The van der Waals surface area contributed by atoms with Crippen LogP contribution in [0.1, 0.15) is 0 Å². The van der Waals surface area contributed by atoms with E-state index in [2.05, 4.69) is 9.98 Å². The number of amidine groups is 1. The summed E-state index contributed by atoms with van der Waals surface area (Å²) in [6.45, 7) is 0. The zero-order chi connectivity index (χ0) is 7.03. The van der Waals surface area contributed by atoms with Gasteiger partial charge in [0.2, 0.25) is 0 Å². The largest absolute Gasteiger partial charge is 0.616 e. The van der Waals surface area contributed by atoms with Gasteiger partial charge in [0.1, 0.15) is 18.6 Å². The molecule has 1 unspecified atom stereocenters. The molecule has 0 radical (unpaired) electrons. The molecular formula is C6H5N3O. The second-order valence-corrected chi connectivity index (χ2v) is 2.07. The van der Waals surface area contributed by atoms with Crippen molar-refractivity contribution >= 4 is 12.1 Å². The highest BCUT2D eigenvalue weighted by Gasteiger charge is 2.23. The van der Waals surface area contributed by atoms with E-state index in [4.69, 9.17) is 0 Å². The molecule has 0 N–H and O–H groups in total. The highest BCUT2D eigenvalue weighted by molar-refractivity contribution is 6.27. The minimum Gasteiger partial charge on any atom is -0.616 e. The lowest BCUT2D eigenvalue weighted by atomic mass is 10.5. The Morgan fingerprint density at radius 3 is 2.90 bits per heavy atom. The molecule has 50 valence electrons. The lowest BCUT2D eigenvalue weighted by Gasteiger charge is -2.30. The summed E-state index contributed by atoms with van der Waals surface area (Å²) in [6, 6.07) is 0. The minimum absolute atomic E-state index is 0.419. The molecule has 0 aromatic heterocycles. The van der Waals surface area contributed by atoms with E-state index in [9.17, 15) is 5.21 Å². The van der Waals surface area contributed by atoms with Crippen LogP contribution < -0.4 is 0 Å². The Morgan fingerprint density at radius 1 is 1.30 bits per heavy atom. The Kier molecular flexibility index (Phi) is 0.893. The van der Waals surface area contributed by atoms with E-state index in [0.29, 0.717) is 5.84 Å². The molecule has 0 saturated heterocycles. The summed E-state index contributed by atoms with van der Waals surface area (Å²) in [4.78, 5) is 7.60. The first kappa shape index (κ1) is 5.52. The van der Waals surface area contributed by atoms with Gasteiger partial charge >= 0.3 is 0 Å². The Hall–Kier alpha value is -1.26. The second-order valence-electron chi connectivity index (χ2n) is 2.07. The van der Waals surface area contributed by atoms with Gasteiger partial charge in [0.05, 0.1) is 12.4 Å². The van der Waals surface area contributed by atoms with Crippen LogP contribution in [0.5, 0.6) is 0 Å². The maximum absolute atomic E-state index is 11.4. The van der Waals surface area contributed by atoms with Gasteiger partial charge in [-0.25, -0.2) is 0 Å². The molecule has 0 saturated carbocycles. The maximum Gasteiger partial charge on any atom is 0.255 e. The molecule has 0 spiro atoms. The van der Waals surface area contributed by atoms with Gasteiger partial charge in [0.15, 0.2) is 0 Å². The van der Waals surface area contributed by atoms with E-state index in [1.54, 1.807) is 0 Å². The molecule has 2 aliphatic heterocycles. The summed E-state index contributed by atoms with van der Waals surface area (Å²) in [7, 11) is 0. The average Bonchev–Trinajstić information content (AvgIpc) is 2.29. The lowest BCUT2D eigenvalue weighted by Crippen LogP contribution is -2.36. The fourth-order valence-electron chi connectivity index (χ4n) is 0.872. The second kappa shape index (κ2) is 1.62. The summed E-state index contributed by atoms with van der Waals surface area (Å²) in [5.41, 5.74) is 0. The van der Waals surface area contributed by atoms with Crippen LogP contribution in [0.25, 0.3) is 0 Å². The number of rotatable bonds is 0. The van der Waals surface area contributed by atoms with Crippen molar-refractivity contribution < 1.29 is 4.65 Å². The van der Waals surface area contributed by atoms with Gasteiger partial charge in [0.25, 0.3) is 5.84 Å². The molecule has 1 atom stereocenters. The van der Waals surface area contributed by atoms with Crippen molar-refractivity contribution in [3.05, 3.63) is 30.0 Å². The third-order valence-electron chi connectivity index (χ3n) is 1.42. The molecular weight excluding hydrogens is 130 g/mol. The number of hydrogen-bond acceptors (Lipinski definition) is 3. The Bertz CT molecular complexity index is 277. The predicted octanol–water partition coefficient (Wildman–Crippen LogP) is 0.740. The summed E-state index contributed by atoms with van der Waals surface area (Å²) < 4.78 is -0.594. The Morgan fingerprint density at radius 2 is 2.10 bits per heavy atom. The fourth-order valence-corrected chi connectivity index (χ4v) is 0.872. The molecule has 0 fully saturated rings. The van der Waals surface area contributed by atoms with Crippen molar-refractivity contribution in [2.75, 3.05) is 0 Å². The lowest BCUT2D eigenvalue weighted by molar-refractivity contribution is -0.666. The molecule has 2 rings (SSSR count). The molecule has 10 heavy (non-hydrogen) atoms. The van der Waals surface area contributed by atoms with Crippen LogP contribution in [0, 0.1) is 5.21 Å². The molecule has 4 heteroatoms. The molecule has 0 bridgehead atoms. The van der Waals surface area contributed by atoms with Crippen molar-refractivity contribution in [3.63, 3.8) is 0 Å². The van der Waals surface area contributed by atoms with E-state index in [1.807, 2.05) is 0 Å². The number of quaternary nitrogens is 1. The van der Waals surface area contributed by atoms with Crippen LogP contribution in [0.2, 0.25) is 0 Å². The van der Waals surface area contributed by atoms with Crippen molar-refractivity contribution in [2.24, 2.45) is 9.98 Å². The zero-order valence-corrected chi connectivity index (χ0v) is 5.14. The first-order chi connectivity index (χ1) is 4.81. The molecule has 0 aromatic rings. The van der Waals surface area contributed by atoms with Gasteiger partial charge in [-0.1, -0.05) is 0 Å². The predicted molar refractivity (Wildman–Crippen MR) is 37.8 cm³/mol. The van der Waals surface area contributed by atoms with Gasteiger partial charge < -0.3 is 5.21 Å².